The molecule has 1 aromatic carbocycles. The second kappa shape index (κ2) is 7.21. The molecule has 1 fully saturated rings. The zero-order chi connectivity index (χ0) is 17.0. The van der Waals surface area contributed by atoms with Crippen molar-refractivity contribution in [2.45, 2.75) is 19.4 Å². The van der Waals surface area contributed by atoms with Crippen LogP contribution in [0.25, 0.3) is 0 Å². The summed E-state index contributed by atoms with van der Waals surface area (Å²) in [5, 5.41) is 0. The average molecular weight is 321 g/mol. The summed E-state index contributed by atoms with van der Waals surface area (Å²) in [5.41, 5.74) is 0.841. The molecule has 0 unspecified atom stereocenters. The van der Waals surface area contributed by atoms with E-state index in [1.807, 2.05) is 0 Å². The van der Waals surface area contributed by atoms with Crippen molar-refractivity contribution in [1.29, 1.82) is 0 Å². The minimum absolute atomic E-state index is 0.0817. The zero-order valence-corrected chi connectivity index (χ0v) is 13.3. The van der Waals surface area contributed by atoms with Gasteiger partial charge in [0.05, 0.1) is 0 Å². The highest BCUT2D eigenvalue weighted by Gasteiger charge is 2.32. The lowest BCUT2D eigenvalue weighted by molar-refractivity contribution is -0.131. The van der Waals surface area contributed by atoms with Crippen molar-refractivity contribution in [2.75, 3.05) is 27.2 Å². The largest absolute Gasteiger partial charge is 0.341 e. The Morgan fingerprint density at radius 2 is 1.91 bits per heavy atom. The molecule has 6 nitrogen and oxygen atoms in total. The fourth-order valence-corrected chi connectivity index (χ4v) is 2.42. The van der Waals surface area contributed by atoms with Crippen LogP contribution in [0.1, 0.15) is 18.4 Å². The molecule has 1 aliphatic rings. The lowest BCUT2D eigenvalue weighted by Gasteiger charge is -2.18. The maximum absolute atomic E-state index is 12.8. The van der Waals surface area contributed by atoms with E-state index < -0.39 is 0 Å². The maximum atomic E-state index is 12.8. The van der Waals surface area contributed by atoms with Crippen molar-refractivity contribution in [3.63, 3.8) is 0 Å². The van der Waals surface area contributed by atoms with Gasteiger partial charge in [-0.1, -0.05) is 12.1 Å². The van der Waals surface area contributed by atoms with Gasteiger partial charge in [-0.15, -0.1) is 0 Å². The van der Waals surface area contributed by atoms with Crippen molar-refractivity contribution in [3.8, 4) is 0 Å². The van der Waals surface area contributed by atoms with Gasteiger partial charge in [0.25, 0.3) is 0 Å². The molecule has 0 radical (unpaired) electrons. The van der Waals surface area contributed by atoms with Gasteiger partial charge in [-0.3, -0.25) is 14.5 Å². The number of urea groups is 1. The van der Waals surface area contributed by atoms with Gasteiger partial charge in [-0.05, 0) is 24.1 Å². The summed E-state index contributed by atoms with van der Waals surface area (Å²) < 4.78 is 12.8. The van der Waals surface area contributed by atoms with Gasteiger partial charge < -0.3 is 9.80 Å². The minimum atomic E-state index is -0.317. The SMILES string of the molecule is CN(Cc1ccc(F)cc1)C(=O)CCCN1C(=O)CN(C)C1=O. The van der Waals surface area contributed by atoms with Crippen LogP contribution in [0.15, 0.2) is 24.3 Å². The molecule has 4 amide bonds. The molecule has 0 aromatic heterocycles. The van der Waals surface area contributed by atoms with Crippen LogP contribution in [0.4, 0.5) is 9.18 Å². The van der Waals surface area contributed by atoms with Crippen LogP contribution >= 0.6 is 0 Å². The Kier molecular flexibility index (Phi) is 5.31. The average Bonchev–Trinajstić information content (AvgIpc) is 2.75. The van der Waals surface area contributed by atoms with Gasteiger partial charge in [-0.2, -0.15) is 0 Å². The van der Waals surface area contributed by atoms with E-state index in [2.05, 4.69) is 0 Å². The van der Waals surface area contributed by atoms with Crippen LogP contribution in [0.5, 0.6) is 0 Å². The van der Waals surface area contributed by atoms with Crippen LogP contribution < -0.4 is 0 Å². The second-order valence-corrected chi connectivity index (χ2v) is 5.66. The number of carbonyl (C=O) groups excluding carboxylic acids is 3. The first kappa shape index (κ1) is 16.9. The molecule has 23 heavy (non-hydrogen) atoms. The fourth-order valence-electron chi connectivity index (χ4n) is 2.42. The molecule has 1 heterocycles. The summed E-state index contributed by atoms with van der Waals surface area (Å²) >= 11 is 0. The quantitative estimate of drug-likeness (QED) is 0.745. The normalized spacial score (nSPS) is 14.6. The molecule has 1 aromatic rings. The Morgan fingerprint density at radius 3 is 2.48 bits per heavy atom. The highest BCUT2D eigenvalue weighted by atomic mass is 19.1. The highest BCUT2D eigenvalue weighted by Crippen LogP contribution is 2.11. The van der Waals surface area contributed by atoms with Crippen LogP contribution in [0.3, 0.4) is 0 Å². The molecular formula is C16H20FN3O3. The predicted octanol–water partition coefficient (Wildman–Crippen LogP) is 1.46. The van der Waals surface area contributed by atoms with Crippen LogP contribution in [-0.2, 0) is 16.1 Å². The van der Waals surface area contributed by atoms with Crippen molar-refractivity contribution in [2.24, 2.45) is 0 Å². The molecule has 124 valence electrons. The summed E-state index contributed by atoms with van der Waals surface area (Å²) in [5.74, 6) is -0.626. The third-order valence-corrected chi connectivity index (χ3v) is 3.76. The van der Waals surface area contributed by atoms with Crippen LogP contribution in [0.2, 0.25) is 0 Å². The number of rotatable bonds is 6. The number of amides is 4. The van der Waals surface area contributed by atoms with E-state index in [4.69, 9.17) is 0 Å². The number of nitrogens with zero attached hydrogens (tertiary/aromatic N) is 3. The van der Waals surface area contributed by atoms with E-state index in [0.29, 0.717) is 13.0 Å². The first-order valence-electron chi connectivity index (χ1n) is 7.42. The first-order chi connectivity index (χ1) is 10.9. The number of hydrogen-bond acceptors (Lipinski definition) is 3. The standard InChI is InChI=1S/C16H20FN3O3/c1-18(10-12-5-7-13(17)8-6-12)14(21)4-3-9-20-15(22)11-19(2)16(20)23/h5-8H,3-4,9-11H2,1-2H3. The van der Waals surface area contributed by atoms with E-state index in [1.54, 1.807) is 31.1 Å². The number of halogens is 1. The lowest BCUT2D eigenvalue weighted by atomic mass is 10.2. The fraction of sp³-hybridized carbons (Fsp3) is 0.438. The molecule has 0 spiro atoms. The monoisotopic (exact) mass is 321 g/mol. The van der Waals surface area contributed by atoms with Gasteiger partial charge in [0.1, 0.15) is 12.4 Å². The van der Waals surface area contributed by atoms with E-state index >= 15 is 0 Å². The molecular weight excluding hydrogens is 301 g/mol. The third kappa shape index (κ3) is 4.28. The maximum Gasteiger partial charge on any atom is 0.326 e. The van der Waals surface area contributed by atoms with Gasteiger partial charge >= 0.3 is 6.03 Å². The molecule has 1 aliphatic heterocycles. The van der Waals surface area contributed by atoms with Gasteiger partial charge in [0.15, 0.2) is 0 Å². The van der Waals surface area contributed by atoms with E-state index in [9.17, 15) is 18.8 Å². The summed E-state index contributed by atoms with van der Waals surface area (Å²) in [7, 11) is 3.24. The Bertz CT molecular complexity index is 603. The molecule has 0 aliphatic carbocycles. The molecule has 7 heteroatoms. The van der Waals surface area contributed by atoms with Crippen molar-refractivity contribution < 1.29 is 18.8 Å². The van der Waals surface area contributed by atoms with Gasteiger partial charge in [0.2, 0.25) is 11.8 Å². The lowest BCUT2D eigenvalue weighted by Crippen LogP contribution is -2.33. The third-order valence-electron chi connectivity index (χ3n) is 3.76. The summed E-state index contributed by atoms with van der Waals surface area (Å²) in [4.78, 5) is 39.5. The van der Waals surface area contributed by atoms with Crippen LogP contribution in [0, 0.1) is 5.82 Å². The number of hydrogen-bond donors (Lipinski definition) is 0. The summed E-state index contributed by atoms with van der Waals surface area (Å²) in [6, 6.07) is 5.67. The first-order valence-corrected chi connectivity index (χ1v) is 7.42. The number of carbonyl (C=O) groups is 3. The number of imide groups is 1. The Labute approximate surface area is 134 Å². The van der Waals surface area contributed by atoms with Gasteiger partial charge in [0, 0.05) is 33.6 Å². The predicted molar refractivity (Wildman–Crippen MR) is 81.8 cm³/mol. The molecule has 1 saturated heterocycles. The summed E-state index contributed by atoms with van der Waals surface area (Å²) in [6.07, 6.45) is 0.677. The molecule has 0 atom stereocenters. The Hall–Kier alpha value is -2.44. The van der Waals surface area contributed by atoms with Gasteiger partial charge in [-0.25, -0.2) is 9.18 Å². The molecule has 0 N–H and O–H groups in total. The van der Waals surface area contributed by atoms with Crippen molar-refractivity contribution in [3.05, 3.63) is 35.6 Å². The number of likely N-dealkylation sites (N-methyl/N-ethyl adjacent to an activating group) is 1. The topological polar surface area (TPSA) is 60.9 Å². The second-order valence-electron chi connectivity index (χ2n) is 5.66. The van der Waals surface area contributed by atoms with E-state index in [1.165, 1.54) is 21.9 Å². The van der Waals surface area contributed by atoms with E-state index in [0.717, 1.165) is 5.56 Å². The molecule has 2 rings (SSSR count). The van der Waals surface area contributed by atoms with Crippen molar-refractivity contribution in [1.82, 2.24) is 14.7 Å². The number of benzene rings is 1. The van der Waals surface area contributed by atoms with E-state index in [-0.39, 0.29) is 43.2 Å². The molecule has 0 saturated carbocycles. The molecule has 0 bridgehead atoms. The zero-order valence-electron chi connectivity index (χ0n) is 13.3. The minimum Gasteiger partial charge on any atom is -0.341 e. The highest BCUT2D eigenvalue weighted by molar-refractivity contribution is 6.01. The van der Waals surface area contributed by atoms with Crippen LogP contribution in [-0.4, -0.2) is 59.7 Å². The summed E-state index contributed by atoms with van der Waals surface area (Å²) in [6.45, 7) is 0.735. The smallest absolute Gasteiger partial charge is 0.326 e. The Morgan fingerprint density at radius 1 is 1.26 bits per heavy atom. The van der Waals surface area contributed by atoms with Crippen molar-refractivity contribution >= 4 is 17.8 Å². The Balaban J connectivity index is 1.77.